The van der Waals surface area contributed by atoms with Gasteiger partial charge in [0.25, 0.3) is 11.1 Å². The highest BCUT2D eigenvalue weighted by Gasteiger charge is 2.14. The van der Waals surface area contributed by atoms with Gasteiger partial charge in [-0.3, -0.25) is 24.6 Å². The summed E-state index contributed by atoms with van der Waals surface area (Å²) in [5, 5.41) is 26.9. The van der Waals surface area contributed by atoms with E-state index in [-0.39, 0.29) is 29.9 Å². The summed E-state index contributed by atoms with van der Waals surface area (Å²) in [6.07, 6.45) is 1.17. The van der Waals surface area contributed by atoms with E-state index in [4.69, 9.17) is 4.84 Å². The number of aromatic nitrogens is 3. The SMILES string of the molecule is CCN(CCCCNC(=O)CCC(=O)On1c(O)ccc1O)c1ccc2c(=O)[nH][nH]c(=O)c2c1. The zero-order valence-corrected chi connectivity index (χ0v) is 18.7. The molecule has 0 aliphatic heterocycles. The summed E-state index contributed by atoms with van der Waals surface area (Å²) in [6, 6.07) is 7.45. The first kappa shape index (κ1) is 24.4. The molecular formula is C22H27N5O7. The topological polar surface area (TPSA) is 170 Å². The average molecular weight is 473 g/mol. The summed E-state index contributed by atoms with van der Waals surface area (Å²) >= 11 is 0. The standard InChI is InChI=1S/C22H27N5O7/c1-2-26(14-5-6-15-16(13-14)22(33)25-24-21(15)32)12-4-3-11-23-17(28)7-10-20(31)34-27-18(29)8-9-19(27)30/h5-6,8-9,13,29-30H,2-4,7,10-12H2,1H3,(H,23,28)(H,24,32)(H,25,33). The Morgan fingerprint density at radius 1 is 1.00 bits per heavy atom. The first-order valence-corrected chi connectivity index (χ1v) is 10.9. The van der Waals surface area contributed by atoms with Gasteiger partial charge in [0.2, 0.25) is 17.7 Å². The van der Waals surface area contributed by atoms with Crippen molar-refractivity contribution in [2.75, 3.05) is 24.5 Å². The molecule has 0 aliphatic carbocycles. The molecule has 1 aromatic carbocycles. The molecule has 0 atom stereocenters. The molecule has 0 fully saturated rings. The fourth-order valence-corrected chi connectivity index (χ4v) is 3.44. The summed E-state index contributed by atoms with van der Waals surface area (Å²) in [4.78, 5) is 54.4. The number of aromatic hydroxyl groups is 2. The van der Waals surface area contributed by atoms with E-state index in [1.807, 2.05) is 6.92 Å². The van der Waals surface area contributed by atoms with Crippen LogP contribution in [0.1, 0.15) is 32.6 Å². The van der Waals surface area contributed by atoms with Crippen LogP contribution in [0.2, 0.25) is 0 Å². The molecule has 2 aromatic heterocycles. The van der Waals surface area contributed by atoms with Gasteiger partial charge in [0.15, 0.2) is 0 Å². The summed E-state index contributed by atoms with van der Waals surface area (Å²) in [6.45, 7) is 3.81. The van der Waals surface area contributed by atoms with Gasteiger partial charge in [0.05, 0.1) is 17.2 Å². The molecule has 3 aromatic rings. The molecule has 34 heavy (non-hydrogen) atoms. The van der Waals surface area contributed by atoms with Gasteiger partial charge in [-0.15, -0.1) is 4.73 Å². The molecule has 0 radical (unpaired) electrons. The zero-order chi connectivity index (χ0) is 24.7. The highest BCUT2D eigenvalue weighted by atomic mass is 16.7. The molecule has 1 amide bonds. The minimum atomic E-state index is -0.772. The van der Waals surface area contributed by atoms with Gasteiger partial charge in [-0.25, -0.2) is 4.79 Å². The minimum absolute atomic E-state index is 0.0898. The maximum atomic E-state index is 12.0. The van der Waals surface area contributed by atoms with Crippen LogP contribution in [0, 0.1) is 0 Å². The predicted octanol–water partition coefficient (Wildman–Crippen LogP) is 0.587. The van der Waals surface area contributed by atoms with Crippen molar-refractivity contribution in [2.24, 2.45) is 0 Å². The largest absolute Gasteiger partial charge is 0.492 e. The average Bonchev–Trinajstić information content (AvgIpc) is 3.14. The maximum Gasteiger partial charge on any atom is 0.333 e. The third kappa shape index (κ3) is 5.97. The van der Waals surface area contributed by atoms with E-state index in [1.165, 1.54) is 0 Å². The van der Waals surface area contributed by atoms with Crippen molar-refractivity contribution in [3.63, 3.8) is 0 Å². The lowest BCUT2D eigenvalue weighted by Crippen LogP contribution is -2.28. The first-order chi connectivity index (χ1) is 16.3. The molecule has 0 saturated carbocycles. The number of nitrogens with one attached hydrogen (secondary N) is 3. The second-order valence-electron chi connectivity index (χ2n) is 7.58. The Labute approximate surface area is 193 Å². The molecule has 0 unspecified atom stereocenters. The van der Waals surface area contributed by atoms with Crippen molar-refractivity contribution in [3.8, 4) is 11.8 Å². The minimum Gasteiger partial charge on any atom is -0.492 e. The van der Waals surface area contributed by atoms with Gasteiger partial charge in [-0.2, -0.15) is 0 Å². The van der Waals surface area contributed by atoms with Crippen LogP contribution < -0.4 is 26.2 Å². The van der Waals surface area contributed by atoms with Crippen molar-refractivity contribution in [2.45, 2.75) is 32.6 Å². The van der Waals surface area contributed by atoms with Gasteiger partial charge in [0.1, 0.15) is 0 Å². The fraction of sp³-hybridized carbons (Fsp3) is 0.364. The number of anilines is 1. The van der Waals surface area contributed by atoms with Crippen LogP contribution in [0.4, 0.5) is 5.69 Å². The lowest BCUT2D eigenvalue weighted by molar-refractivity contribution is -0.146. The zero-order valence-electron chi connectivity index (χ0n) is 18.7. The van der Waals surface area contributed by atoms with Crippen molar-refractivity contribution < 1.29 is 24.6 Å². The van der Waals surface area contributed by atoms with Gasteiger partial charge in [0, 0.05) is 43.9 Å². The van der Waals surface area contributed by atoms with Crippen LogP contribution in [-0.4, -0.2) is 56.7 Å². The number of carbonyl (C=O) groups is 2. The molecule has 0 bridgehead atoms. The Morgan fingerprint density at radius 3 is 2.35 bits per heavy atom. The summed E-state index contributed by atoms with van der Waals surface area (Å²) in [5.41, 5.74) is 0.115. The van der Waals surface area contributed by atoms with E-state index in [0.29, 0.717) is 41.6 Å². The van der Waals surface area contributed by atoms with Crippen LogP contribution in [0.5, 0.6) is 11.8 Å². The van der Waals surface area contributed by atoms with Crippen molar-refractivity contribution in [3.05, 3.63) is 51.0 Å². The normalized spacial score (nSPS) is 10.9. The molecule has 12 heteroatoms. The number of carbonyl (C=O) groups excluding carboxylic acids is 2. The van der Waals surface area contributed by atoms with E-state index >= 15 is 0 Å². The number of aromatic amines is 2. The quantitative estimate of drug-likeness (QED) is 0.252. The number of hydrogen-bond donors (Lipinski definition) is 5. The number of fused-ring (bicyclic) bond motifs is 1. The number of amides is 1. The molecular weight excluding hydrogens is 446 g/mol. The number of benzene rings is 1. The third-order valence-electron chi connectivity index (χ3n) is 5.25. The second kappa shape index (κ2) is 11.1. The number of H-pyrrole nitrogens is 2. The van der Waals surface area contributed by atoms with E-state index in [0.717, 1.165) is 24.2 Å². The fourth-order valence-electron chi connectivity index (χ4n) is 3.44. The highest BCUT2D eigenvalue weighted by Crippen LogP contribution is 2.19. The molecule has 12 nitrogen and oxygen atoms in total. The predicted molar refractivity (Wildman–Crippen MR) is 124 cm³/mol. The lowest BCUT2D eigenvalue weighted by Gasteiger charge is -2.23. The molecule has 0 spiro atoms. The molecule has 0 aliphatic rings. The third-order valence-corrected chi connectivity index (χ3v) is 5.25. The maximum absolute atomic E-state index is 12.0. The summed E-state index contributed by atoms with van der Waals surface area (Å²) < 4.78 is 0.573. The van der Waals surface area contributed by atoms with E-state index in [1.54, 1.807) is 18.2 Å². The van der Waals surface area contributed by atoms with Crippen LogP contribution in [0.25, 0.3) is 10.8 Å². The highest BCUT2D eigenvalue weighted by molar-refractivity contribution is 5.84. The number of nitrogens with zero attached hydrogens (tertiary/aromatic N) is 2. The first-order valence-electron chi connectivity index (χ1n) is 10.9. The molecule has 3 rings (SSSR count). The van der Waals surface area contributed by atoms with E-state index in [2.05, 4.69) is 20.4 Å². The second-order valence-corrected chi connectivity index (χ2v) is 7.58. The number of unbranched alkanes of at least 4 members (excludes halogenated alkanes) is 1. The number of rotatable bonds is 11. The smallest absolute Gasteiger partial charge is 0.333 e. The van der Waals surface area contributed by atoms with E-state index in [9.17, 15) is 29.4 Å². The van der Waals surface area contributed by atoms with Crippen LogP contribution >= 0.6 is 0 Å². The molecule has 0 saturated heterocycles. The van der Waals surface area contributed by atoms with Gasteiger partial charge in [-0.1, -0.05) is 0 Å². The summed E-state index contributed by atoms with van der Waals surface area (Å²) in [5.74, 6) is -1.95. The van der Waals surface area contributed by atoms with Gasteiger partial charge in [-0.05, 0) is 38.0 Å². The van der Waals surface area contributed by atoms with Gasteiger partial charge < -0.3 is 25.3 Å². The molecule has 182 valence electrons. The van der Waals surface area contributed by atoms with Crippen LogP contribution in [-0.2, 0) is 9.59 Å². The monoisotopic (exact) mass is 473 g/mol. The van der Waals surface area contributed by atoms with Gasteiger partial charge >= 0.3 is 5.97 Å². The molecule has 5 N–H and O–H groups in total. The van der Waals surface area contributed by atoms with Crippen molar-refractivity contribution >= 4 is 28.3 Å². The Kier molecular flexibility index (Phi) is 7.96. The van der Waals surface area contributed by atoms with Crippen LogP contribution in [0.15, 0.2) is 39.9 Å². The Bertz CT molecular complexity index is 1260. The van der Waals surface area contributed by atoms with Crippen molar-refractivity contribution in [1.82, 2.24) is 20.2 Å². The lowest BCUT2D eigenvalue weighted by atomic mass is 10.1. The van der Waals surface area contributed by atoms with Crippen molar-refractivity contribution in [1.29, 1.82) is 0 Å². The van der Waals surface area contributed by atoms with Crippen LogP contribution in [0.3, 0.4) is 0 Å². The Morgan fingerprint density at radius 2 is 1.68 bits per heavy atom. The van der Waals surface area contributed by atoms with E-state index < -0.39 is 17.7 Å². The number of hydrogen-bond acceptors (Lipinski definition) is 8. The summed E-state index contributed by atoms with van der Waals surface area (Å²) in [7, 11) is 0. The Hall–Kier alpha value is -4.22. The Balaban J connectivity index is 1.40. The molecule has 2 heterocycles.